The van der Waals surface area contributed by atoms with Crippen molar-refractivity contribution in [3.05, 3.63) is 59.4 Å². The maximum atomic E-state index is 13.3. The van der Waals surface area contributed by atoms with E-state index in [-0.39, 0.29) is 5.56 Å². The van der Waals surface area contributed by atoms with Gasteiger partial charge in [0.15, 0.2) is 4.87 Å². The van der Waals surface area contributed by atoms with Crippen molar-refractivity contribution in [1.29, 1.82) is 0 Å². The molecule has 90 valence electrons. The van der Waals surface area contributed by atoms with Crippen LogP contribution in [0.1, 0.15) is 11.1 Å². The summed E-state index contributed by atoms with van der Waals surface area (Å²) in [4.78, 5) is 9.81. The molecule has 0 amide bonds. The van der Waals surface area contributed by atoms with E-state index in [0.717, 1.165) is 5.56 Å². The molecule has 1 aliphatic rings. The van der Waals surface area contributed by atoms with Crippen LogP contribution in [0.25, 0.3) is 11.1 Å². The fourth-order valence-corrected chi connectivity index (χ4v) is 2.75. The third kappa shape index (κ3) is 1.25. The van der Waals surface area contributed by atoms with Crippen LogP contribution < -0.4 is 0 Å². The van der Waals surface area contributed by atoms with Gasteiger partial charge < -0.3 is 5.11 Å². The number of carboxylic acids is 1. The molecule has 0 radical (unpaired) electrons. The molecule has 1 unspecified atom stereocenters. The zero-order valence-corrected chi connectivity index (χ0v) is 9.91. The third-order valence-corrected chi connectivity index (χ3v) is 3.80. The first-order valence-corrected chi connectivity index (χ1v) is 5.75. The van der Waals surface area contributed by atoms with E-state index in [9.17, 15) is 14.3 Å². The first-order chi connectivity index (χ1) is 8.55. The fourth-order valence-electron chi connectivity index (χ4n) is 2.43. The van der Waals surface area contributed by atoms with E-state index in [1.165, 1.54) is 12.1 Å². The van der Waals surface area contributed by atoms with Crippen molar-refractivity contribution in [2.45, 2.75) is 4.87 Å². The maximum Gasteiger partial charge on any atom is 0.334 e. The van der Waals surface area contributed by atoms with Gasteiger partial charge in [-0.1, -0.05) is 41.9 Å². The molecule has 2 nitrogen and oxygen atoms in total. The number of rotatable bonds is 1. The summed E-state index contributed by atoms with van der Waals surface area (Å²) in [7, 11) is 0. The van der Waals surface area contributed by atoms with E-state index in [0.29, 0.717) is 11.1 Å². The Bertz CT molecular complexity index is 669. The Labute approximate surface area is 108 Å². The molecule has 1 aliphatic carbocycles. The van der Waals surface area contributed by atoms with Crippen LogP contribution in [0.15, 0.2) is 42.5 Å². The number of fused-ring (bicyclic) bond motifs is 3. The summed E-state index contributed by atoms with van der Waals surface area (Å²) < 4.78 is 13.3. The summed E-state index contributed by atoms with van der Waals surface area (Å²) in [6, 6.07) is 11.0. The Hall–Kier alpha value is -1.87. The minimum Gasteiger partial charge on any atom is -0.479 e. The van der Waals surface area contributed by atoms with Crippen LogP contribution in [-0.2, 0) is 9.67 Å². The number of benzene rings is 2. The smallest absolute Gasteiger partial charge is 0.334 e. The molecular formula is C14H8ClFO2. The van der Waals surface area contributed by atoms with Gasteiger partial charge >= 0.3 is 5.97 Å². The number of carboxylic acid groups (broad SMARTS) is 1. The molecule has 0 heterocycles. The molecule has 2 aromatic carbocycles. The molecule has 0 bridgehead atoms. The minimum atomic E-state index is -1.70. The zero-order chi connectivity index (χ0) is 12.9. The summed E-state index contributed by atoms with van der Waals surface area (Å²) >= 11 is 6.27. The lowest BCUT2D eigenvalue weighted by atomic mass is 9.96. The van der Waals surface area contributed by atoms with Crippen molar-refractivity contribution < 1.29 is 14.3 Å². The molecule has 0 saturated carbocycles. The van der Waals surface area contributed by atoms with E-state index in [1.54, 1.807) is 30.3 Å². The first-order valence-electron chi connectivity index (χ1n) is 5.37. The van der Waals surface area contributed by atoms with Crippen LogP contribution in [0.4, 0.5) is 4.39 Å². The van der Waals surface area contributed by atoms with Gasteiger partial charge in [0, 0.05) is 0 Å². The molecule has 0 saturated heterocycles. The molecular weight excluding hydrogens is 255 g/mol. The summed E-state index contributed by atoms with van der Waals surface area (Å²) in [5, 5.41) is 9.40. The Balaban J connectivity index is 2.42. The molecule has 0 spiro atoms. The van der Waals surface area contributed by atoms with E-state index in [1.807, 2.05) is 0 Å². The zero-order valence-electron chi connectivity index (χ0n) is 9.15. The summed E-state index contributed by atoms with van der Waals surface area (Å²) in [6.07, 6.45) is 0. The van der Waals surface area contributed by atoms with Gasteiger partial charge in [0.2, 0.25) is 0 Å². The molecule has 3 rings (SSSR count). The van der Waals surface area contributed by atoms with Crippen molar-refractivity contribution >= 4 is 17.6 Å². The van der Waals surface area contributed by atoms with E-state index < -0.39 is 16.7 Å². The Kier molecular flexibility index (Phi) is 2.22. The van der Waals surface area contributed by atoms with Gasteiger partial charge in [0.1, 0.15) is 5.82 Å². The van der Waals surface area contributed by atoms with Crippen LogP contribution >= 0.6 is 11.6 Å². The quantitative estimate of drug-likeness (QED) is 0.800. The number of carbonyl (C=O) groups is 1. The summed E-state index contributed by atoms with van der Waals surface area (Å²) in [6.45, 7) is 0. The van der Waals surface area contributed by atoms with Crippen molar-refractivity contribution in [3.8, 4) is 11.1 Å². The largest absolute Gasteiger partial charge is 0.479 e. The molecule has 1 N–H and O–H groups in total. The number of aliphatic carboxylic acids is 1. The van der Waals surface area contributed by atoms with Crippen molar-refractivity contribution in [1.82, 2.24) is 0 Å². The lowest BCUT2D eigenvalue weighted by Crippen LogP contribution is -2.28. The Morgan fingerprint density at radius 1 is 1.11 bits per heavy atom. The number of hydrogen-bond donors (Lipinski definition) is 1. The minimum absolute atomic E-state index is 0.290. The average Bonchev–Trinajstić information content (AvgIpc) is 2.61. The van der Waals surface area contributed by atoms with Crippen LogP contribution in [0.5, 0.6) is 0 Å². The normalized spacial score (nSPS) is 20.3. The predicted octanol–water partition coefficient (Wildman–Crippen LogP) is 3.37. The summed E-state index contributed by atoms with van der Waals surface area (Å²) in [5.41, 5.74) is 2.19. The van der Waals surface area contributed by atoms with Crippen molar-refractivity contribution in [2.75, 3.05) is 0 Å². The molecule has 0 aliphatic heterocycles. The van der Waals surface area contributed by atoms with Crippen LogP contribution in [-0.4, -0.2) is 11.1 Å². The second-order valence-corrected chi connectivity index (χ2v) is 4.77. The monoisotopic (exact) mass is 262 g/mol. The van der Waals surface area contributed by atoms with Crippen LogP contribution in [0.2, 0.25) is 0 Å². The molecule has 2 aromatic rings. The highest BCUT2D eigenvalue weighted by Gasteiger charge is 2.48. The number of halogens is 2. The van der Waals surface area contributed by atoms with Gasteiger partial charge in [0.05, 0.1) is 0 Å². The number of alkyl halides is 1. The van der Waals surface area contributed by atoms with E-state index >= 15 is 0 Å². The average molecular weight is 263 g/mol. The number of hydrogen-bond acceptors (Lipinski definition) is 1. The molecule has 4 heteroatoms. The van der Waals surface area contributed by atoms with Gasteiger partial charge in [-0.05, 0) is 34.4 Å². The molecule has 0 fully saturated rings. The third-order valence-electron chi connectivity index (χ3n) is 3.24. The lowest BCUT2D eigenvalue weighted by Gasteiger charge is -2.18. The fraction of sp³-hybridized carbons (Fsp3) is 0.0714. The Morgan fingerprint density at radius 3 is 2.50 bits per heavy atom. The second-order valence-electron chi connectivity index (χ2n) is 4.20. The standard InChI is InChI=1S/C14H8ClFO2/c15-14(13(17)18)11-4-2-1-3-9(11)10-6-5-8(16)7-12(10)14/h1-7H,(H,17,18). The highest BCUT2D eigenvalue weighted by atomic mass is 35.5. The maximum absolute atomic E-state index is 13.3. The van der Waals surface area contributed by atoms with Gasteiger partial charge in [0.25, 0.3) is 0 Å². The van der Waals surface area contributed by atoms with E-state index in [4.69, 9.17) is 11.6 Å². The molecule has 18 heavy (non-hydrogen) atoms. The van der Waals surface area contributed by atoms with E-state index in [2.05, 4.69) is 0 Å². The highest BCUT2D eigenvalue weighted by molar-refractivity contribution is 6.38. The van der Waals surface area contributed by atoms with Crippen molar-refractivity contribution in [3.63, 3.8) is 0 Å². The van der Waals surface area contributed by atoms with Gasteiger partial charge in [-0.3, -0.25) is 0 Å². The SMILES string of the molecule is O=C(O)C1(Cl)c2ccccc2-c2ccc(F)cc21. The van der Waals surface area contributed by atoms with Crippen molar-refractivity contribution in [2.24, 2.45) is 0 Å². The first kappa shape index (κ1) is 11.2. The van der Waals surface area contributed by atoms with Gasteiger partial charge in [-0.25, -0.2) is 9.18 Å². The molecule has 1 atom stereocenters. The Morgan fingerprint density at radius 2 is 1.78 bits per heavy atom. The van der Waals surface area contributed by atoms with Gasteiger partial charge in [-0.15, -0.1) is 0 Å². The lowest BCUT2D eigenvalue weighted by molar-refractivity contribution is -0.139. The molecule has 0 aromatic heterocycles. The predicted molar refractivity (Wildman–Crippen MR) is 66.1 cm³/mol. The van der Waals surface area contributed by atoms with Crippen LogP contribution in [0.3, 0.4) is 0 Å². The van der Waals surface area contributed by atoms with Gasteiger partial charge in [-0.2, -0.15) is 0 Å². The second kappa shape index (κ2) is 3.56. The summed E-state index contributed by atoms with van der Waals surface area (Å²) in [5.74, 6) is -1.69. The van der Waals surface area contributed by atoms with Crippen LogP contribution in [0, 0.1) is 5.82 Å². The highest BCUT2D eigenvalue weighted by Crippen LogP contribution is 2.51. The topological polar surface area (TPSA) is 37.3 Å².